The number of anilines is 1. The number of hydrogen-bond acceptors (Lipinski definition) is 14. The monoisotopic (exact) mass is 1100 g/mol. The number of β-amino-alcohol motifs (C(OH)–C–C–N with tert-alkyl or cyclic N) is 1. The average molecular weight is 1100 g/mol. The number of phenolic OH excluding ortho intramolecular Hbond substituents is 1. The average Bonchev–Trinajstić information content (AvgIpc) is 4.19. The normalized spacial score (nSPS) is 17.8. The number of benzene rings is 4. The van der Waals surface area contributed by atoms with E-state index in [2.05, 4.69) is 38.7 Å². The van der Waals surface area contributed by atoms with Crippen LogP contribution in [0.4, 0.5) is 10.2 Å². The van der Waals surface area contributed by atoms with Gasteiger partial charge in [-0.1, -0.05) is 94.1 Å². The summed E-state index contributed by atoms with van der Waals surface area (Å²) in [5, 5.41) is 29.0. The van der Waals surface area contributed by atoms with E-state index in [9.17, 15) is 29.4 Å². The molecule has 410 valence electrons. The number of thiazole rings is 1. The zero-order valence-electron chi connectivity index (χ0n) is 44.3. The number of nitrogens with one attached hydrogen (secondary N) is 2. The topological polar surface area (TPSA) is 203 Å². The molecule has 0 bridgehead atoms. The van der Waals surface area contributed by atoms with E-state index in [1.54, 1.807) is 33.9 Å². The minimum Gasteiger partial charge on any atom is -0.508 e. The number of piperazine rings is 1. The van der Waals surface area contributed by atoms with Gasteiger partial charge in [-0.2, -0.15) is 9.97 Å². The Hall–Kier alpha value is -7.03. The second kappa shape index (κ2) is 23.9. The van der Waals surface area contributed by atoms with Crippen LogP contribution in [0.25, 0.3) is 48.9 Å². The van der Waals surface area contributed by atoms with Crippen molar-refractivity contribution in [2.45, 2.75) is 65.1 Å². The highest BCUT2D eigenvalue weighted by Gasteiger charge is 2.45. The number of aliphatic hydroxyl groups excluding tert-OH is 1. The Labute approximate surface area is 461 Å². The van der Waals surface area contributed by atoms with Gasteiger partial charge in [-0.05, 0) is 95.9 Å². The Morgan fingerprint density at radius 3 is 2.41 bits per heavy atom. The third-order valence-electron chi connectivity index (χ3n) is 14.8. The summed E-state index contributed by atoms with van der Waals surface area (Å²) < 4.78 is 29.2. The van der Waals surface area contributed by atoms with Gasteiger partial charge >= 0.3 is 6.01 Å². The summed E-state index contributed by atoms with van der Waals surface area (Å²) in [6, 6.07) is 17.7. The molecule has 9 rings (SSSR count). The van der Waals surface area contributed by atoms with Gasteiger partial charge < -0.3 is 45.0 Å². The molecule has 0 aliphatic carbocycles. The van der Waals surface area contributed by atoms with Gasteiger partial charge in [-0.15, -0.1) is 11.3 Å². The summed E-state index contributed by atoms with van der Waals surface area (Å²) in [5.41, 5.74) is 4.53. The molecule has 0 spiro atoms. The minimum absolute atomic E-state index is 0.00495. The second-order valence-corrected chi connectivity index (χ2v) is 22.5. The van der Waals surface area contributed by atoms with Crippen LogP contribution in [0.3, 0.4) is 0 Å². The van der Waals surface area contributed by atoms with Crippen LogP contribution in [0.5, 0.6) is 11.8 Å². The molecule has 3 fully saturated rings. The molecule has 3 aliphatic rings. The fourth-order valence-corrected chi connectivity index (χ4v) is 11.6. The van der Waals surface area contributed by atoms with Gasteiger partial charge in [0.05, 0.1) is 33.8 Å². The number of aliphatic hydroxyl groups is 1. The van der Waals surface area contributed by atoms with E-state index >= 15 is 4.39 Å². The summed E-state index contributed by atoms with van der Waals surface area (Å²) in [5.74, 6) is -1.73. The summed E-state index contributed by atoms with van der Waals surface area (Å²) >= 11 is 8.46. The van der Waals surface area contributed by atoms with Crippen LogP contribution in [0.1, 0.15) is 51.3 Å². The summed E-state index contributed by atoms with van der Waals surface area (Å²) in [7, 11) is 0. The highest BCUT2D eigenvalue weighted by molar-refractivity contribution is 7.13. The predicted molar refractivity (Wildman–Crippen MR) is 301 cm³/mol. The van der Waals surface area contributed by atoms with Crippen molar-refractivity contribution in [3.63, 3.8) is 0 Å². The van der Waals surface area contributed by atoms with E-state index in [-0.39, 0.29) is 65.9 Å². The summed E-state index contributed by atoms with van der Waals surface area (Å²) in [6.07, 6.45) is 1.98. The van der Waals surface area contributed by atoms with Crippen LogP contribution < -0.4 is 20.3 Å². The van der Waals surface area contributed by atoms with Crippen molar-refractivity contribution < 1.29 is 43.3 Å². The van der Waals surface area contributed by atoms with Crippen LogP contribution in [-0.2, 0) is 23.9 Å². The smallest absolute Gasteiger partial charge is 0.319 e. The number of rotatable bonds is 17. The second-order valence-electron chi connectivity index (χ2n) is 21.2. The number of aryl methyl sites for hydroxylation is 1. The molecular formula is C58H65ClFN9O8S. The number of amides is 4. The van der Waals surface area contributed by atoms with Crippen LogP contribution >= 0.6 is 22.9 Å². The molecule has 0 saturated carbocycles. The predicted octanol–water partition coefficient (Wildman–Crippen LogP) is 7.60. The van der Waals surface area contributed by atoms with E-state index < -0.39 is 47.1 Å². The van der Waals surface area contributed by atoms with E-state index in [1.165, 1.54) is 17.0 Å². The van der Waals surface area contributed by atoms with Gasteiger partial charge in [0.15, 0.2) is 5.82 Å². The molecule has 2 aromatic heterocycles. The Balaban J connectivity index is 0.778. The molecule has 4 amide bonds. The fraction of sp³-hybridized carbons (Fsp3) is 0.397. The highest BCUT2D eigenvalue weighted by atomic mass is 35.5. The van der Waals surface area contributed by atoms with E-state index in [0.29, 0.717) is 78.1 Å². The van der Waals surface area contributed by atoms with Crippen molar-refractivity contribution in [3.8, 4) is 33.3 Å². The number of hydrogen-bond donors (Lipinski definition) is 4. The lowest BCUT2D eigenvalue weighted by Gasteiger charge is -2.35. The van der Waals surface area contributed by atoms with Crippen molar-refractivity contribution in [3.05, 3.63) is 114 Å². The van der Waals surface area contributed by atoms with Crippen molar-refractivity contribution in [2.24, 2.45) is 11.3 Å². The van der Waals surface area contributed by atoms with Gasteiger partial charge in [-0.3, -0.25) is 24.1 Å². The molecule has 3 saturated heterocycles. The summed E-state index contributed by atoms with van der Waals surface area (Å²) in [4.78, 5) is 75.8. The van der Waals surface area contributed by atoms with Crippen molar-refractivity contribution in [1.29, 1.82) is 0 Å². The maximum Gasteiger partial charge on any atom is 0.319 e. The number of fused-ring (bicyclic) bond motifs is 2. The number of ether oxygens (including phenoxy) is 2. The Kier molecular flexibility index (Phi) is 17.1. The number of piperidine rings is 1. The van der Waals surface area contributed by atoms with E-state index in [0.717, 1.165) is 42.1 Å². The third kappa shape index (κ3) is 12.5. The maximum absolute atomic E-state index is 17.1. The maximum atomic E-state index is 17.1. The molecule has 4 aromatic carbocycles. The first-order chi connectivity index (χ1) is 37.4. The molecule has 6 aromatic rings. The Bertz CT molecular complexity index is 3240. The molecule has 4 N–H and O–H groups in total. The van der Waals surface area contributed by atoms with Crippen LogP contribution in [0.15, 0.2) is 91.5 Å². The first-order valence-electron chi connectivity index (χ1n) is 26.2. The SMILES string of the molecule is C=CC(=O)N1CCN(c2nc(OCCN3CCC(COCC(=O)N[C@H](C(=O)N4C[C@@H](O)C[C@H]4C(=O)NC(=C)c4ccc(-c5scnc5C)cc4)C(C)(C)C)CC3)nc3c(F)c(-c4cc(O)cc5ccccc45)c(Cl)cc23)CC1. The largest absolute Gasteiger partial charge is 0.508 e. The number of carbonyl (C=O) groups excluding carboxylic acids is 4. The zero-order valence-corrected chi connectivity index (χ0v) is 45.8. The lowest BCUT2D eigenvalue weighted by atomic mass is 9.85. The van der Waals surface area contributed by atoms with Crippen molar-refractivity contribution in [1.82, 2.24) is 40.3 Å². The first kappa shape index (κ1) is 55.7. The van der Waals surface area contributed by atoms with Crippen molar-refractivity contribution in [2.75, 3.05) is 77.1 Å². The van der Waals surface area contributed by atoms with Gasteiger partial charge in [0.1, 0.15) is 42.4 Å². The zero-order chi connectivity index (χ0) is 55.4. The quantitative estimate of drug-likeness (QED) is 0.0651. The van der Waals surface area contributed by atoms with Gasteiger partial charge in [0.25, 0.3) is 0 Å². The van der Waals surface area contributed by atoms with Gasteiger partial charge in [0.2, 0.25) is 23.6 Å². The number of halogens is 2. The number of aromatic hydroxyl groups is 1. The Morgan fingerprint density at radius 1 is 0.987 bits per heavy atom. The van der Waals surface area contributed by atoms with E-state index in [4.69, 9.17) is 26.1 Å². The molecule has 3 aliphatic heterocycles. The minimum atomic E-state index is -1.01. The van der Waals surface area contributed by atoms with E-state index in [1.807, 2.05) is 81.1 Å². The van der Waals surface area contributed by atoms with Gasteiger partial charge in [0, 0.05) is 62.3 Å². The number of nitrogens with zero attached hydrogens (tertiary/aromatic N) is 7. The highest BCUT2D eigenvalue weighted by Crippen LogP contribution is 2.43. The van der Waals surface area contributed by atoms with Crippen LogP contribution in [0.2, 0.25) is 5.02 Å². The number of aromatic nitrogens is 3. The first-order valence-corrected chi connectivity index (χ1v) is 27.4. The lowest BCUT2D eigenvalue weighted by molar-refractivity contribution is -0.144. The number of carbonyl (C=O) groups is 4. The molecule has 17 nitrogen and oxygen atoms in total. The molecule has 0 unspecified atom stereocenters. The van der Waals surface area contributed by atoms with Crippen LogP contribution in [0, 0.1) is 24.1 Å². The lowest BCUT2D eigenvalue weighted by Crippen LogP contribution is -2.58. The standard InChI is InChI=1S/C58H65ClFN9O8S/c1-7-48(73)67-20-22-68(23-21-67)54-44-29-45(59)49(43-27-40(70)26-39-10-8-9-11-42(39)43)50(60)51(44)64-57(65-54)77-25-24-66-18-16-36(17-19-66)31-76-32-47(72)63-53(58(4,5)6)56(75)69-30-41(71)28-46(69)55(74)62-34(2)37-12-14-38(15-13-37)52-35(3)61-33-78-52/h7-15,26-27,29,33,36,41,46,53,70-71H,1-2,16-25,28,30-32H2,3-6H3,(H,62,74)(H,63,72)/t41-,46-,53+/m0/s1. The van der Waals surface area contributed by atoms with Crippen molar-refractivity contribution >= 4 is 79.8 Å². The molecule has 3 atom stereocenters. The Morgan fingerprint density at radius 2 is 1.72 bits per heavy atom. The molecule has 0 radical (unpaired) electrons. The number of phenols is 1. The molecule has 78 heavy (non-hydrogen) atoms. The molecule has 20 heteroatoms. The summed E-state index contributed by atoms with van der Waals surface area (Å²) in [6.45, 7) is 19.0. The fourth-order valence-electron chi connectivity index (χ4n) is 10.5. The number of likely N-dealkylation sites (tertiary alicyclic amines) is 2. The third-order valence-corrected chi connectivity index (χ3v) is 16.0. The molecule has 5 heterocycles. The van der Waals surface area contributed by atoms with Crippen LogP contribution in [-0.4, -0.2) is 154 Å². The van der Waals surface area contributed by atoms with Gasteiger partial charge in [-0.25, -0.2) is 9.37 Å². The molecular weight excluding hydrogens is 1040 g/mol.